The molecule has 0 fully saturated rings. The quantitative estimate of drug-likeness (QED) is 0.737. The Balaban J connectivity index is 2.06. The Labute approximate surface area is 130 Å². The fourth-order valence-corrected chi connectivity index (χ4v) is 2.71. The van der Waals surface area contributed by atoms with E-state index >= 15 is 0 Å². The van der Waals surface area contributed by atoms with Gasteiger partial charge in [-0.2, -0.15) is 4.80 Å². The van der Waals surface area contributed by atoms with Crippen LogP contribution in [0, 0.1) is 6.92 Å². The molecule has 0 radical (unpaired) electrons. The highest BCUT2D eigenvalue weighted by Crippen LogP contribution is 2.30. The molecule has 0 spiro atoms. The van der Waals surface area contributed by atoms with Crippen molar-refractivity contribution in [2.75, 3.05) is 12.3 Å². The first-order valence-corrected chi connectivity index (χ1v) is 7.44. The third kappa shape index (κ3) is 2.47. The van der Waals surface area contributed by atoms with Crippen LogP contribution in [0.3, 0.4) is 0 Å². The highest BCUT2D eigenvalue weighted by atomic mass is 79.9. The van der Waals surface area contributed by atoms with Crippen molar-refractivity contribution in [3.05, 3.63) is 40.4 Å². The first-order valence-electron chi connectivity index (χ1n) is 6.65. The third-order valence-corrected chi connectivity index (χ3v) is 4.04. The maximum atomic E-state index is 6.01. The molecule has 0 saturated carbocycles. The van der Waals surface area contributed by atoms with E-state index in [2.05, 4.69) is 26.1 Å². The number of aryl methyl sites for hydroxylation is 1. The fraction of sp³-hybridized carbons (Fsp3) is 0.200. The summed E-state index contributed by atoms with van der Waals surface area (Å²) in [5.74, 6) is 0.833. The van der Waals surface area contributed by atoms with Crippen molar-refractivity contribution in [1.82, 2.24) is 15.0 Å². The van der Waals surface area contributed by atoms with Gasteiger partial charge in [0.2, 0.25) is 0 Å². The summed E-state index contributed by atoms with van der Waals surface area (Å²) in [6.07, 6.45) is 0. The topological polar surface area (TPSA) is 66.0 Å². The second-order valence-corrected chi connectivity index (χ2v) is 5.50. The standard InChI is InChI=1S/C15H15BrN4O/c1-3-21-11-6-4-10(5-7-11)20-18-12-8-9(2)14(17)13(16)15(12)19-20/h4-8H,3,17H2,1-2H3. The van der Waals surface area contributed by atoms with E-state index in [0.29, 0.717) is 12.3 Å². The van der Waals surface area contributed by atoms with Gasteiger partial charge >= 0.3 is 0 Å². The smallest absolute Gasteiger partial charge is 0.129 e. The van der Waals surface area contributed by atoms with Gasteiger partial charge in [0.15, 0.2) is 0 Å². The SMILES string of the molecule is CCOc1ccc(-n2nc3cc(C)c(N)c(Br)c3n2)cc1. The van der Waals surface area contributed by atoms with Crippen molar-refractivity contribution in [2.24, 2.45) is 0 Å². The van der Waals surface area contributed by atoms with E-state index < -0.39 is 0 Å². The molecule has 0 bridgehead atoms. The third-order valence-electron chi connectivity index (χ3n) is 3.24. The predicted octanol–water partition coefficient (Wildman–Crippen LogP) is 3.47. The van der Waals surface area contributed by atoms with Crippen molar-refractivity contribution in [3.8, 4) is 11.4 Å². The van der Waals surface area contributed by atoms with Gasteiger partial charge in [-0.15, -0.1) is 10.2 Å². The lowest BCUT2D eigenvalue weighted by atomic mass is 10.2. The van der Waals surface area contributed by atoms with Gasteiger partial charge in [0, 0.05) is 0 Å². The first-order chi connectivity index (χ1) is 10.1. The average Bonchev–Trinajstić information content (AvgIpc) is 2.90. The van der Waals surface area contributed by atoms with Gasteiger partial charge in [-0.3, -0.25) is 0 Å². The number of rotatable bonds is 3. The van der Waals surface area contributed by atoms with Crippen molar-refractivity contribution in [3.63, 3.8) is 0 Å². The number of hydrogen-bond donors (Lipinski definition) is 1. The Kier molecular flexibility index (Phi) is 3.55. The normalized spacial score (nSPS) is 11.0. The number of nitrogen functional groups attached to an aromatic ring is 1. The van der Waals surface area contributed by atoms with Gasteiger partial charge in [-0.25, -0.2) is 0 Å². The second kappa shape index (κ2) is 5.37. The van der Waals surface area contributed by atoms with Crippen molar-refractivity contribution in [2.45, 2.75) is 13.8 Å². The highest BCUT2D eigenvalue weighted by Gasteiger charge is 2.12. The Morgan fingerprint density at radius 1 is 1.24 bits per heavy atom. The number of nitrogens with zero attached hydrogens (tertiary/aromatic N) is 3. The lowest BCUT2D eigenvalue weighted by Crippen LogP contribution is -1.98. The number of benzene rings is 2. The van der Waals surface area contributed by atoms with Crippen LogP contribution in [-0.2, 0) is 0 Å². The molecule has 0 aliphatic rings. The monoisotopic (exact) mass is 346 g/mol. The van der Waals surface area contributed by atoms with Crippen LogP contribution in [0.2, 0.25) is 0 Å². The van der Waals surface area contributed by atoms with Gasteiger partial charge in [0.25, 0.3) is 0 Å². The molecule has 3 aromatic rings. The van der Waals surface area contributed by atoms with Gasteiger partial charge in [-0.05, 0) is 65.7 Å². The molecule has 3 rings (SSSR count). The Bertz CT molecular complexity index is 796. The number of ether oxygens (including phenoxy) is 1. The lowest BCUT2D eigenvalue weighted by molar-refractivity contribution is 0.340. The molecule has 5 nitrogen and oxygen atoms in total. The van der Waals surface area contributed by atoms with Crippen molar-refractivity contribution >= 4 is 32.7 Å². The van der Waals surface area contributed by atoms with Crippen LogP contribution < -0.4 is 10.5 Å². The molecule has 0 amide bonds. The summed E-state index contributed by atoms with van der Waals surface area (Å²) < 4.78 is 6.22. The summed E-state index contributed by atoms with van der Waals surface area (Å²) in [4.78, 5) is 1.60. The molecule has 0 aliphatic heterocycles. The molecule has 6 heteroatoms. The minimum absolute atomic E-state index is 0.648. The summed E-state index contributed by atoms with van der Waals surface area (Å²) in [5, 5.41) is 9.00. The van der Waals surface area contributed by atoms with E-state index in [4.69, 9.17) is 10.5 Å². The molecule has 1 heterocycles. The molecule has 0 saturated heterocycles. The lowest BCUT2D eigenvalue weighted by Gasteiger charge is -2.03. The molecule has 2 N–H and O–H groups in total. The van der Waals surface area contributed by atoms with E-state index in [-0.39, 0.29) is 0 Å². The molecule has 108 valence electrons. The number of hydrogen-bond acceptors (Lipinski definition) is 4. The Morgan fingerprint density at radius 3 is 2.62 bits per heavy atom. The highest BCUT2D eigenvalue weighted by molar-refractivity contribution is 9.10. The summed E-state index contributed by atoms with van der Waals surface area (Å²) >= 11 is 3.49. The minimum Gasteiger partial charge on any atom is -0.494 e. The number of anilines is 1. The maximum Gasteiger partial charge on any atom is 0.129 e. The minimum atomic E-state index is 0.648. The summed E-state index contributed by atoms with van der Waals surface area (Å²) in [7, 11) is 0. The molecule has 0 atom stereocenters. The van der Waals surface area contributed by atoms with E-state index in [9.17, 15) is 0 Å². The molecule has 0 unspecified atom stereocenters. The van der Waals surface area contributed by atoms with Crippen LogP contribution in [0.1, 0.15) is 12.5 Å². The van der Waals surface area contributed by atoms with Crippen LogP contribution in [0.5, 0.6) is 5.75 Å². The largest absolute Gasteiger partial charge is 0.494 e. The molecule has 0 aliphatic carbocycles. The maximum absolute atomic E-state index is 6.01. The predicted molar refractivity (Wildman–Crippen MR) is 86.9 cm³/mol. The zero-order valence-electron chi connectivity index (χ0n) is 11.8. The number of aromatic nitrogens is 3. The van der Waals surface area contributed by atoms with Crippen molar-refractivity contribution < 1.29 is 4.74 Å². The molecule has 21 heavy (non-hydrogen) atoms. The first kappa shape index (κ1) is 13.9. The molecular weight excluding hydrogens is 332 g/mol. The second-order valence-electron chi connectivity index (χ2n) is 4.71. The fourth-order valence-electron chi connectivity index (χ4n) is 2.11. The zero-order valence-corrected chi connectivity index (χ0v) is 13.4. The molecule has 2 aromatic carbocycles. The zero-order chi connectivity index (χ0) is 15.0. The van der Waals surface area contributed by atoms with Gasteiger partial charge in [-0.1, -0.05) is 0 Å². The van der Waals surface area contributed by atoms with Gasteiger partial charge in [0.1, 0.15) is 16.8 Å². The van der Waals surface area contributed by atoms with E-state index in [1.54, 1.807) is 4.80 Å². The van der Waals surface area contributed by atoms with Crippen LogP contribution in [0.25, 0.3) is 16.7 Å². The molecule has 1 aromatic heterocycles. The van der Waals surface area contributed by atoms with E-state index in [0.717, 1.165) is 32.5 Å². The van der Waals surface area contributed by atoms with Crippen LogP contribution in [-0.4, -0.2) is 21.6 Å². The van der Waals surface area contributed by atoms with E-state index in [1.807, 2.05) is 44.2 Å². The summed E-state index contributed by atoms with van der Waals surface area (Å²) in [5.41, 5.74) is 10.1. The van der Waals surface area contributed by atoms with Crippen LogP contribution in [0.4, 0.5) is 5.69 Å². The average molecular weight is 347 g/mol. The van der Waals surface area contributed by atoms with Gasteiger partial charge < -0.3 is 10.5 Å². The van der Waals surface area contributed by atoms with Crippen molar-refractivity contribution in [1.29, 1.82) is 0 Å². The summed E-state index contributed by atoms with van der Waals surface area (Å²) in [6.45, 7) is 4.56. The van der Waals surface area contributed by atoms with Gasteiger partial charge in [0.05, 0.1) is 22.5 Å². The van der Waals surface area contributed by atoms with Crippen LogP contribution in [0.15, 0.2) is 34.8 Å². The summed E-state index contributed by atoms with van der Waals surface area (Å²) in [6, 6.07) is 9.60. The van der Waals surface area contributed by atoms with Crippen LogP contribution >= 0.6 is 15.9 Å². The number of nitrogens with two attached hydrogens (primary N) is 1. The number of halogens is 1. The Morgan fingerprint density at radius 2 is 1.95 bits per heavy atom. The molecular formula is C15H15BrN4O. The number of fused-ring (bicyclic) bond motifs is 1. The van der Waals surface area contributed by atoms with E-state index in [1.165, 1.54) is 0 Å². The Hall–Kier alpha value is -2.08.